The van der Waals surface area contributed by atoms with Crippen LogP contribution in [0.4, 0.5) is 0 Å². The van der Waals surface area contributed by atoms with Crippen LogP contribution in [0.3, 0.4) is 0 Å². The lowest BCUT2D eigenvalue weighted by molar-refractivity contribution is 0.187. The fourth-order valence-electron chi connectivity index (χ4n) is 3.76. The molecule has 1 aromatic carbocycles. The molecule has 1 aliphatic carbocycles. The van der Waals surface area contributed by atoms with Gasteiger partial charge in [0.15, 0.2) is 10.8 Å². The number of imidazole rings is 1. The molecule has 6 heteroatoms. The average molecular weight is 355 g/mol. The third kappa shape index (κ3) is 2.53. The Morgan fingerprint density at radius 2 is 1.96 bits per heavy atom. The molecule has 0 radical (unpaired) electrons. The molecule has 128 valence electrons. The number of aryl methyl sites for hydroxylation is 1. The predicted molar refractivity (Wildman–Crippen MR) is 97.0 cm³/mol. The maximum Gasteiger partial charge on any atom is 0.165 e. The van der Waals surface area contributed by atoms with Gasteiger partial charge in [0.1, 0.15) is 17.2 Å². The lowest BCUT2D eigenvalue weighted by Crippen LogP contribution is -2.12. The molecule has 1 saturated carbocycles. The Kier molecular flexibility index (Phi) is 3.54. The highest BCUT2D eigenvalue weighted by Crippen LogP contribution is 2.45. The van der Waals surface area contributed by atoms with Crippen molar-refractivity contribution in [3.8, 4) is 11.4 Å². The van der Waals surface area contributed by atoms with Crippen molar-refractivity contribution in [2.24, 2.45) is 0 Å². The summed E-state index contributed by atoms with van der Waals surface area (Å²) < 4.78 is 7.87. The van der Waals surface area contributed by atoms with Gasteiger partial charge in [0.05, 0.1) is 12.6 Å². The van der Waals surface area contributed by atoms with Crippen molar-refractivity contribution >= 4 is 22.8 Å². The summed E-state index contributed by atoms with van der Waals surface area (Å²) in [6, 6.07) is 8.81. The number of fused-ring (bicyclic) bond motifs is 1. The van der Waals surface area contributed by atoms with E-state index in [1.54, 1.807) is 0 Å². The standard InChI is InChI=1S/C19H19ClN4O/c1-11-21-17(20)16-19(22-11)24(13-8-9-25-10-13)18(23-16)15-5-3-2-4-14(15)12-6-7-12/h2-5,12-13H,6-10H2,1H3/t13-/m0/s1. The van der Waals surface area contributed by atoms with Crippen LogP contribution < -0.4 is 0 Å². The van der Waals surface area contributed by atoms with Gasteiger partial charge in [0, 0.05) is 12.2 Å². The van der Waals surface area contributed by atoms with Crippen molar-refractivity contribution in [2.45, 2.75) is 38.1 Å². The largest absolute Gasteiger partial charge is 0.379 e. The molecule has 5 nitrogen and oxygen atoms in total. The fraction of sp³-hybridized carbons (Fsp3) is 0.421. The lowest BCUT2D eigenvalue weighted by Gasteiger charge is -2.16. The van der Waals surface area contributed by atoms with Crippen molar-refractivity contribution in [3.05, 3.63) is 40.8 Å². The van der Waals surface area contributed by atoms with Gasteiger partial charge in [0.2, 0.25) is 0 Å². The number of rotatable bonds is 3. The Labute approximate surface area is 151 Å². The minimum Gasteiger partial charge on any atom is -0.379 e. The van der Waals surface area contributed by atoms with E-state index in [0.717, 1.165) is 24.5 Å². The molecule has 2 fully saturated rings. The summed E-state index contributed by atoms with van der Waals surface area (Å²) >= 11 is 6.40. The minimum atomic E-state index is 0.234. The van der Waals surface area contributed by atoms with Gasteiger partial charge < -0.3 is 9.30 Å². The van der Waals surface area contributed by atoms with E-state index in [1.165, 1.54) is 24.0 Å². The molecule has 1 atom stereocenters. The SMILES string of the molecule is Cc1nc(Cl)c2nc(-c3ccccc3C3CC3)n([C@H]3CCOC3)c2n1. The molecule has 1 aliphatic heterocycles. The zero-order chi connectivity index (χ0) is 17.0. The Morgan fingerprint density at radius 1 is 1.12 bits per heavy atom. The van der Waals surface area contributed by atoms with Crippen molar-refractivity contribution in [1.29, 1.82) is 0 Å². The second-order valence-electron chi connectivity index (χ2n) is 6.92. The molecule has 0 amide bonds. The summed E-state index contributed by atoms with van der Waals surface area (Å²) in [5, 5.41) is 0.422. The highest BCUT2D eigenvalue weighted by Gasteiger charge is 2.31. The zero-order valence-electron chi connectivity index (χ0n) is 14.1. The van der Waals surface area contributed by atoms with Crippen LogP contribution in [0.1, 0.15) is 42.6 Å². The highest BCUT2D eigenvalue weighted by molar-refractivity contribution is 6.33. The molecule has 1 saturated heterocycles. The van der Waals surface area contributed by atoms with E-state index in [2.05, 4.69) is 38.8 Å². The van der Waals surface area contributed by atoms with Crippen molar-refractivity contribution in [2.75, 3.05) is 13.2 Å². The molecular formula is C19H19ClN4O. The van der Waals surface area contributed by atoms with Crippen LogP contribution in [0.5, 0.6) is 0 Å². The van der Waals surface area contributed by atoms with E-state index in [4.69, 9.17) is 21.3 Å². The van der Waals surface area contributed by atoms with Crippen LogP contribution in [0.25, 0.3) is 22.6 Å². The molecule has 5 rings (SSSR count). The molecule has 2 aromatic heterocycles. The molecule has 25 heavy (non-hydrogen) atoms. The molecule has 0 spiro atoms. The van der Waals surface area contributed by atoms with Gasteiger partial charge >= 0.3 is 0 Å². The quantitative estimate of drug-likeness (QED) is 0.658. The van der Waals surface area contributed by atoms with Gasteiger partial charge in [-0.15, -0.1) is 0 Å². The first-order valence-electron chi connectivity index (χ1n) is 8.81. The average Bonchev–Trinajstić information content (AvgIpc) is 3.17. The first kappa shape index (κ1) is 15.3. The summed E-state index contributed by atoms with van der Waals surface area (Å²) in [6.07, 6.45) is 3.47. The van der Waals surface area contributed by atoms with Crippen LogP contribution in [0, 0.1) is 6.92 Å². The van der Waals surface area contributed by atoms with Gasteiger partial charge in [0.25, 0.3) is 0 Å². The third-order valence-electron chi connectivity index (χ3n) is 5.10. The van der Waals surface area contributed by atoms with Crippen molar-refractivity contribution < 1.29 is 4.74 Å². The first-order chi connectivity index (χ1) is 12.2. The predicted octanol–water partition coefficient (Wildman–Crippen LogP) is 4.29. The topological polar surface area (TPSA) is 52.8 Å². The van der Waals surface area contributed by atoms with Crippen LogP contribution in [0.2, 0.25) is 5.15 Å². The number of nitrogens with zero attached hydrogens (tertiary/aromatic N) is 4. The van der Waals surface area contributed by atoms with E-state index in [-0.39, 0.29) is 6.04 Å². The molecular weight excluding hydrogens is 336 g/mol. The number of ether oxygens (including phenoxy) is 1. The van der Waals surface area contributed by atoms with E-state index in [0.29, 0.717) is 29.0 Å². The van der Waals surface area contributed by atoms with E-state index < -0.39 is 0 Å². The smallest absolute Gasteiger partial charge is 0.165 e. The van der Waals surface area contributed by atoms with Crippen LogP contribution >= 0.6 is 11.6 Å². The van der Waals surface area contributed by atoms with Gasteiger partial charge in [-0.05, 0) is 37.7 Å². The molecule has 0 unspecified atom stereocenters. The number of hydrogen-bond donors (Lipinski definition) is 0. The zero-order valence-corrected chi connectivity index (χ0v) is 14.8. The van der Waals surface area contributed by atoms with Gasteiger partial charge in [-0.3, -0.25) is 0 Å². The van der Waals surface area contributed by atoms with Gasteiger partial charge in [-0.1, -0.05) is 35.9 Å². The molecule has 0 N–H and O–H groups in total. The summed E-state index contributed by atoms with van der Waals surface area (Å²) in [6.45, 7) is 3.32. The fourth-order valence-corrected chi connectivity index (χ4v) is 4.00. The van der Waals surface area contributed by atoms with Crippen LogP contribution in [-0.4, -0.2) is 32.7 Å². The summed E-state index contributed by atoms with van der Waals surface area (Å²) in [5.74, 6) is 2.25. The lowest BCUT2D eigenvalue weighted by atomic mass is 10.0. The molecule has 0 bridgehead atoms. The van der Waals surface area contributed by atoms with E-state index >= 15 is 0 Å². The monoisotopic (exact) mass is 354 g/mol. The van der Waals surface area contributed by atoms with E-state index in [9.17, 15) is 0 Å². The Morgan fingerprint density at radius 3 is 2.72 bits per heavy atom. The maximum absolute atomic E-state index is 6.40. The van der Waals surface area contributed by atoms with Crippen LogP contribution in [-0.2, 0) is 4.74 Å². The summed E-state index contributed by atoms with van der Waals surface area (Å²) in [5.41, 5.74) is 4.05. The van der Waals surface area contributed by atoms with Crippen LogP contribution in [0.15, 0.2) is 24.3 Å². The molecule has 3 heterocycles. The van der Waals surface area contributed by atoms with Gasteiger partial charge in [-0.25, -0.2) is 15.0 Å². The Balaban J connectivity index is 1.80. The highest BCUT2D eigenvalue weighted by atomic mass is 35.5. The van der Waals surface area contributed by atoms with Gasteiger partial charge in [-0.2, -0.15) is 0 Å². The summed E-state index contributed by atoms with van der Waals surface area (Å²) in [4.78, 5) is 13.8. The van der Waals surface area contributed by atoms with Crippen molar-refractivity contribution in [1.82, 2.24) is 19.5 Å². The Bertz CT molecular complexity index is 957. The second kappa shape index (κ2) is 5.78. The van der Waals surface area contributed by atoms with E-state index in [1.807, 2.05) is 6.92 Å². The second-order valence-corrected chi connectivity index (χ2v) is 7.28. The molecule has 3 aromatic rings. The minimum absolute atomic E-state index is 0.234. The third-order valence-corrected chi connectivity index (χ3v) is 5.36. The maximum atomic E-state index is 6.40. The molecule has 2 aliphatic rings. The van der Waals surface area contributed by atoms with Crippen molar-refractivity contribution in [3.63, 3.8) is 0 Å². The number of aromatic nitrogens is 4. The normalized spacial score (nSPS) is 20.5. The Hall–Kier alpha value is -1.98. The number of hydrogen-bond acceptors (Lipinski definition) is 4. The number of halogens is 1. The first-order valence-corrected chi connectivity index (χ1v) is 9.19. The number of benzene rings is 1. The summed E-state index contributed by atoms with van der Waals surface area (Å²) in [7, 11) is 0.